The summed E-state index contributed by atoms with van der Waals surface area (Å²) in [6.45, 7) is 7.63. The number of nitrogens with zero attached hydrogens (tertiary/aromatic N) is 4. The number of rotatable bonds is 7. The van der Waals surface area contributed by atoms with Crippen LogP contribution in [0.5, 0.6) is 11.5 Å². The van der Waals surface area contributed by atoms with Gasteiger partial charge in [-0.05, 0) is 12.6 Å². The van der Waals surface area contributed by atoms with Gasteiger partial charge < -0.3 is 19.5 Å². The molecule has 180 valence electrons. The molecule has 2 aromatic carbocycles. The van der Waals surface area contributed by atoms with Crippen LogP contribution < -0.4 is 9.47 Å². The molecular weight excluding hydrogens is 479 g/mol. The summed E-state index contributed by atoms with van der Waals surface area (Å²) in [6, 6.07) is 4.73. The van der Waals surface area contributed by atoms with Crippen molar-refractivity contribution in [2.75, 3.05) is 46.9 Å². The van der Waals surface area contributed by atoms with Gasteiger partial charge in [-0.15, -0.1) is 0 Å². The summed E-state index contributed by atoms with van der Waals surface area (Å²) in [4.78, 5) is 26.0. The first-order valence-corrected chi connectivity index (χ1v) is 11.7. The number of halogens is 2. The summed E-state index contributed by atoms with van der Waals surface area (Å²) in [6.07, 6.45) is 1.68. The van der Waals surface area contributed by atoms with Crippen LogP contribution >= 0.6 is 23.2 Å². The molecule has 34 heavy (non-hydrogen) atoms. The second kappa shape index (κ2) is 10.3. The average molecular weight is 505 g/mol. The number of likely N-dealkylation sites (N-methyl/N-ethyl adjacent to an activating group) is 1. The first-order chi connectivity index (χ1) is 16.4. The van der Waals surface area contributed by atoms with Crippen molar-refractivity contribution < 1.29 is 19.4 Å². The van der Waals surface area contributed by atoms with Gasteiger partial charge in [0.15, 0.2) is 0 Å². The highest BCUT2D eigenvalue weighted by Crippen LogP contribution is 2.47. The molecule has 0 unspecified atom stereocenters. The van der Waals surface area contributed by atoms with Crippen molar-refractivity contribution >= 4 is 40.2 Å². The van der Waals surface area contributed by atoms with Crippen LogP contribution in [0.3, 0.4) is 0 Å². The van der Waals surface area contributed by atoms with Crippen molar-refractivity contribution in [2.45, 2.75) is 13.5 Å². The molecule has 10 heteroatoms. The van der Waals surface area contributed by atoms with E-state index in [-0.39, 0.29) is 21.1 Å². The van der Waals surface area contributed by atoms with Gasteiger partial charge in [0.25, 0.3) is 0 Å². The fraction of sp³-hybridized carbons (Fsp3) is 0.375. The monoisotopic (exact) mass is 504 g/mol. The standard InChI is InChI=1S/C24H26Cl2N4O4/c1-4-29-7-9-30(10-8-29)13-14-12-27-22-15(5-6-16(24(31)32)23(22)28-14)19-20(25)17(33-2)11-18(34-3)21(19)26/h5-6,11-12H,4,7-10,13H2,1-3H3,(H,31,32). The van der Waals surface area contributed by atoms with Crippen molar-refractivity contribution in [2.24, 2.45) is 0 Å². The Balaban J connectivity index is 1.82. The smallest absolute Gasteiger partial charge is 0.337 e. The average Bonchev–Trinajstić information content (AvgIpc) is 2.84. The molecule has 0 aliphatic carbocycles. The number of carbonyl (C=O) groups is 1. The Bertz CT molecular complexity index is 1200. The Kier molecular flexibility index (Phi) is 7.42. The van der Waals surface area contributed by atoms with Crippen LogP contribution in [-0.4, -0.2) is 77.8 Å². The van der Waals surface area contributed by atoms with Crippen molar-refractivity contribution in [1.29, 1.82) is 0 Å². The summed E-state index contributed by atoms with van der Waals surface area (Å²) < 4.78 is 10.8. The molecule has 0 saturated carbocycles. The van der Waals surface area contributed by atoms with Gasteiger partial charge in [0.1, 0.15) is 17.0 Å². The molecule has 1 aliphatic heterocycles. The zero-order chi connectivity index (χ0) is 24.4. The minimum Gasteiger partial charge on any atom is -0.495 e. The van der Waals surface area contributed by atoms with Gasteiger partial charge in [-0.1, -0.05) is 36.2 Å². The van der Waals surface area contributed by atoms with E-state index < -0.39 is 5.97 Å². The van der Waals surface area contributed by atoms with Crippen LogP contribution in [0.2, 0.25) is 10.0 Å². The lowest BCUT2D eigenvalue weighted by molar-refractivity contribution is 0.0699. The van der Waals surface area contributed by atoms with E-state index in [9.17, 15) is 9.90 Å². The SMILES string of the molecule is CCN1CCN(Cc2cnc3c(-c4c(Cl)c(OC)cc(OC)c4Cl)ccc(C(=O)O)c3n2)CC1. The summed E-state index contributed by atoms with van der Waals surface area (Å²) in [7, 11) is 2.99. The topological polar surface area (TPSA) is 88.0 Å². The number of methoxy groups -OCH3 is 2. The second-order valence-corrected chi connectivity index (χ2v) is 8.77. The minimum atomic E-state index is -1.08. The first-order valence-electron chi connectivity index (χ1n) is 10.9. The fourth-order valence-electron chi connectivity index (χ4n) is 4.20. The Hall–Kier alpha value is -2.65. The largest absolute Gasteiger partial charge is 0.495 e. The lowest BCUT2D eigenvalue weighted by Crippen LogP contribution is -2.45. The highest BCUT2D eigenvalue weighted by atomic mass is 35.5. The highest BCUT2D eigenvalue weighted by molar-refractivity contribution is 6.41. The fourth-order valence-corrected chi connectivity index (χ4v) is 4.90. The molecular formula is C24H26Cl2N4O4. The molecule has 0 bridgehead atoms. The number of fused-ring (bicyclic) bond motifs is 1. The second-order valence-electron chi connectivity index (χ2n) is 8.02. The van der Waals surface area contributed by atoms with Crippen LogP contribution in [0.1, 0.15) is 23.0 Å². The zero-order valence-corrected chi connectivity index (χ0v) is 20.8. The van der Waals surface area contributed by atoms with Crippen molar-refractivity contribution in [3.8, 4) is 22.6 Å². The van der Waals surface area contributed by atoms with Gasteiger partial charge in [-0.2, -0.15) is 0 Å². The van der Waals surface area contributed by atoms with E-state index in [0.717, 1.165) is 32.7 Å². The Morgan fingerprint density at radius 1 is 1.03 bits per heavy atom. The summed E-state index contributed by atoms with van der Waals surface area (Å²) in [5.41, 5.74) is 2.42. The van der Waals surface area contributed by atoms with Gasteiger partial charge in [0.05, 0.1) is 47.2 Å². The third-order valence-electron chi connectivity index (χ3n) is 6.12. The van der Waals surface area contributed by atoms with Gasteiger partial charge in [0, 0.05) is 49.9 Å². The van der Waals surface area contributed by atoms with Crippen molar-refractivity contribution in [1.82, 2.24) is 19.8 Å². The Morgan fingerprint density at radius 2 is 1.65 bits per heavy atom. The summed E-state index contributed by atoms with van der Waals surface area (Å²) in [5.74, 6) is -0.326. The molecule has 0 radical (unpaired) electrons. The number of carboxylic acid groups (broad SMARTS) is 1. The van der Waals surface area contributed by atoms with Gasteiger partial charge in [0.2, 0.25) is 0 Å². The van der Waals surface area contributed by atoms with Crippen LogP contribution in [0, 0.1) is 0 Å². The Labute approximate surface area is 208 Å². The van der Waals surface area contributed by atoms with Crippen LogP contribution in [0.15, 0.2) is 24.4 Å². The maximum atomic E-state index is 12.0. The van der Waals surface area contributed by atoms with Gasteiger partial charge >= 0.3 is 5.97 Å². The predicted molar refractivity (Wildman–Crippen MR) is 132 cm³/mol. The van der Waals surface area contributed by atoms with Crippen LogP contribution in [0.4, 0.5) is 0 Å². The number of ether oxygens (including phenoxy) is 2. The number of hydrogen-bond acceptors (Lipinski definition) is 7. The van der Waals surface area contributed by atoms with Gasteiger partial charge in [-0.25, -0.2) is 9.78 Å². The third kappa shape index (κ3) is 4.63. The third-order valence-corrected chi connectivity index (χ3v) is 6.87. The maximum Gasteiger partial charge on any atom is 0.337 e. The number of carboxylic acids is 1. The molecule has 4 rings (SSSR count). The van der Waals surface area contributed by atoms with E-state index in [0.29, 0.717) is 40.4 Å². The number of benzene rings is 2. The molecule has 8 nitrogen and oxygen atoms in total. The normalized spacial score (nSPS) is 15.0. The molecule has 2 heterocycles. The number of aromatic nitrogens is 2. The van der Waals surface area contributed by atoms with Crippen molar-refractivity contribution in [3.05, 3.63) is 45.7 Å². The molecule has 1 aromatic heterocycles. The number of hydrogen-bond donors (Lipinski definition) is 1. The molecule has 0 amide bonds. The molecule has 1 fully saturated rings. The molecule has 1 aliphatic rings. The molecule has 0 atom stereocenters. The van der Waals surface area contributed by atoms with E-state index in [4.69, 9.17) is 37.7 Å². The predicted octanol–water partition coefficient (Wildman–Crippen LogP) is 4.46. The lowest BCUT2D eigenvalue weighted by atomic mass is 10.00. The molecule has 1 saturated heterocycles. The number of aromatic carboxylic acids is 1. The molecule has 3 aromatic rings. The zero-order valence-electron chi connectivity index (χ0n) is 19.3. The van der Waals surface area contributed by atoms with Crippen LogP contribution in [-0.2, 0) is 6.54 Å². The van der Waals surface area contributed by atoms with E-state index in [1.807, 2.05) is 0 Å². The Morgan fingerprint density at radius 3 is 2.21 bits per heavy atom. The van der Waals surface area contributed by atoms with E-state index in [2.05, 4.69) is 21.7 Å². The van der Waals surface area contributed by atoms with E-state index >= 15 is 0 Å². The summed E-state index contributed by atoms with van der Waals surface area (Å²) in [5, 5.41) is 10.4. The molecule has 0 spiro atoms. The highest BCUT2D eigenvalue weighted by Gasteiger charge is 2.24. The van der Waals surface area contributed by atoms with Crippen LogP contribution in [0.25, 0.3) is 22.2 Å². The first kappa shape index (κ1) is 24.5. The maximum absolute atomic E-state index is 12.0. The van der Waals surface area contributed by atoms with E-state index in [1.54, 1.807) is 18.3 Å². The lowest BCUT2D eigenvalue weighted by Gasteiger charge is -2.33. The van der Waals surface area contributed by atoms with Gasteiger partial charge in [-0.3, -0.25) is 9.88 Å². The quantitative estimate of drug-likeness (QED) is 0.504. The number of piperazine rings is 1. The van der Waals surface area contributed by atoms with Crippen molar-refractivity contribution in [3.63, 3.8) is 0 Å². The molecule has 1 N–H and O–H groups in total. The minimum absolute atomic E-state index is 0.0611. The van der Waals surface area contributed by atoms with E-state index in [1.165, 1.54) is 20.3 Å². The summed E-state index contributed by atoms with van der Waals surface area (Å²) >= 11 is 13.2.